The van der Waals surface area contributed by atoms with Crippen molar-refractivity contribution in [2.45, 2.75) is 44.2 Å². The predicted molar refractivity (Wildman–Crippen MR) is 86.4 cm³/mol. The molecule has 3 heteroatoms. The fraction of sp³-hybridized carbons (Fsp3) is 0.667. The van der Waals surface area contributed by atoms with Crippen molar-refractivity contribution < 1.29 is 4.74 Å². The Hall–Kier alpha value is -0.900. The van der Waals surface area contributed by atoms with Crippen molar-refractivity contribution in [1.29, 1.82) is 0 Å². The minimum atomic E-state index is 0.328. The van der Waals surface area contributed by atoms with E-state index in [2.05, 4.69) is 36.1 Å². The largest absolute Gasteiger partial charge is 0.380 e. The Labute approximate surface area is 128 Å². The number of nitrogens with zero attached hydrogens (tertiary/aromatic N) is 1. The van der Waals surface area contributed by atoms with Gasteiger partial charge in [0.1, 0.15) is 0 Å². The molecule has 1 saturated heterocycles. The second-order valence-electron chi connectivity index (χ2n) is 6.73. The number of rotatable bonds is 5. The van der Waals surface area contributed by atoms with Gasteiger partial charge in [-0.3, -0.25) is 4.90 Å². The van der Waals surface area contributed by atoms with Gasteiger partial charge in [-0.05, 0) is 48.8 Å². The van der Waals surface area contributed by atoms with Crippen LogP contribution in [0.25, 0.3) is 0 Å². The van der Waals surface area contributed by atoms with Gasteiger partial charge in [-0.2, -0.15) is 0 Å². The SMILES string of the molecule is COC1CN(C(CN)c2cccc(C3CC3)c2)CCC1C. The average molecular weight is 288 g/mol. The van der Waals surface area contributed by atoms with E-state index in [4.69, 9.17) is 10.5 Å². The van der Waals surface area contributed by atoms with Crippen LogP contribution in [0.3, 0.4) is 0 Å². The van der Waals surface area contributed by atoms with E-state index in [1.807, 2.05) is 7.11 Å². The number of likely N-dealkylation sites (tertiary alicyclic amines) is 1. The summed E-state index contributed by atoms with van der Waals surface area (Å²) in [6.45, 7) is 5.08. The van der Waals surface area contributed by atoms with E-state index in [0.29, 0.717) is 24.6 Å². The number of benzene rings is 1. The van der Waals surface area contributed by atoms with Crippen molar-refractivity contribution >= 4 is 0 Å². The molecular formula is C18H28N2O. The number of ether oxygens (including phenoxy) is 1. The second-order valence-corrected chi connectivity index (χ2v) is 6.73. The molecule has 0 aromatic heterocycles. The first-order valence-corrected chi connectivity index (χ1v) is 8.29. The standard InChI is InChI=1S/C18H28N2O/c1-13-8-9-20(12-18(13)21-2)17(11-19)16-5-3-4-15(10-16)14-6-7-14/h3-5,10,13-14,17-18H,6-9,11-12,19H2,1-2H3. The van der Waals surface area contributed by atoms with Crippen molar-refractivity contribution in [3.05, 3.63) is 35.4 Å². The van der Waals surface area contributed by atoms with E-state index in [0.717, 1.165) is 19.0 Å². The highest BCUT2D eigenvalue weighted by Gasteiger charge is 2.31. The van der Waals surface area contributed by atoms with E-state index in [1.54, 1.807) is 0 Å². The molecular weight excluding hydrogens is 260 g/mol. The lowest BCUT2D eigenvalue weighted by Crippen LogP contribution is -2.47. The van der Waals surface area contributed by atoms with Crippen LogP contribution in [0.5, 0.6) is 0 Å². The summed E-state index contributed by atoms with van der Waals surface area (Å²) in [4.78, 5) is 2.51. The highest BCUT2D eigenvalue weighted by molar-refractivity contribution is 5.31. The maximum atomic E-state index is 6.12. The molecule has 21 heavy (non-hydrogen) atoms. The third kappa shape index (κ3) is 3.31. The smallest absolute Gasteiger partial charge is 0.0724 e. The monoisotopic (exact) mass is 288 g/mol. The molecule has 3 unspecified atom stereocenters. The van der Waals surface area contributed by atoms with Crippen LogP contribution in [-0.2, 0) is 4.74 Å². The molecule has 3 atom stereocenters. The summed E-state index contributed by atoms with van der Waals surface area (Å²) in [6, 6.07) is 9.42. The molecule has 2 N–H and O–H groups in total. The predicted octanol–water partition coefficient (Wildman–Crippen LogP) is 2.92. The number of nitrogens with two attached hydrogens (primary N) is 1. The van der Waals surface area contributed by atoms with Gasteiger partial charge >= 0.3 is 0 Å². The van der Waals surface area contributed by atoms with Gasteiger partial charge in [0, 0.05) is 26.2 Å². The van der Waals surface area contributed by atoms with Gasteiger partial charge in [0.05, 0.1) is 6.10 Å². The minimum Gasteiger partial charge on any atom is -0.380 e. The van der Waals surface area contributed by atoms with Crippen molar-refractivity contribution in [1.82, 2.24) is 4.90 Å². The Kier molecular flexibility index (Phi) is 4.63. The van der Waals surface area contributed by atoms with Crippen LogP contribution in [0.2, 0.25) is 0 Å². The summed E-state index contributed by atoms with van der Waals surface area (Å²) in [6.07, 6.45) is 4.23. The number of piperidine rings is 1. The molecule has 0 amide bonds. The highest BCUT2D eigenvalue weighted by atomic mass is 16.5. The summed E-state index contributed by atoms with van der Waals surface area (Å²) in [5, 5.41) is 0. The van der Waals surface area contributed by atoms with Gasteiger partial charge in [0.15, 0.2) is 0 Å². The lowest BCUT2D eigenvalue weighted by molar-refractivity contribution is -0.0183. The Morgan fingerprint density at radius 1 is 1.33 bits per heavy atom. The zero-order valence-electron chi connectivity index (χ0n) is 13.3. The van der Waals surface area contributed by atoms with Crippen LogP contribution in [0.4, 0.5) is 0 Å². The molecule has 1 saturated carbocycles. The van der Waals surface area contributed by atoms with Gasteiger partial charge in [-0.25, -0.2) is 0 Å². The maximum absolute atomic E-state index is 6.12. The Bertz CT molecular complexity index is 472. The normalized spacial score (nSPS) is 28.5. The van der Waals surface area contributed by atoms with E-state index in [1.165, 1.54) is 30.4 Å². The molecule has 3 nitrogen and oxygen atoms in total. The van der Waals surface area contributed by atoms with Crippen LogP contribution in [-0.4, -0.2) is 37.7 Å². The number of hydrogen-bond acceptors (Lipinski definition) is 3. The Balaban J connectivity index is 1.76. The molecule has 2 fully saturated rings. The summed E-state index contributed by atoms with van der Waals surface area (Å²) < 4.78 is 5.65. The first-order chi connectivity index (χ1) is 10.2. The molecule has 1 aliphatic carbocycles. The fourth-order valence-corrected chi connectivity index (χ4v) is 3.58. The summed E-state index contributed by atoms with van der Waals surface area (Å²) in [7, 11) is 1.83. The van der Waals surface area contributed by atoms with E-state index in [-0.39, 0.29) is 0 Å². The lowest BCUT2D eigenvalue weighted by atomic mass is 9.92. The summed E-state index contributed by atoms with van der Waals surface area (Å²) >= 11 is 0. The fourth-order valence-electron chi connectivity index (χ4n) is 3.58. The van der Waals surface area contributed by atoms with Gasteiger partial charge in [-0.1, -0.05) is 31.2 Å². The minimum absolute atomic E-state index is 0.328. The summed E-state index contributed by atoms with van der Waals surface area (Å²) in [5.41, 5.74) is 9.00. The second kappa shape index (κ2) is 6.47. The van der Waals surface area contributed by atoms with Crippen molar-refractivity contribution in [3.63, 3.8) is 0 Å². The molecule has 1 heterocycles. The van der Waals surface area contributed by atoms with E-state index < -0.39 is 0 Å². The molecule has 116 valence electrons. The molecule has 0 spiro atoms. The third-order valence-corrected chi connectivity index (χ3v) is 5.23. The van der Waals surface area contributed by atoms with Crippen LogP contribution in [0.1, 0.15) is 49.3 Å². The van der Waals surface area contributed by atoms with Gasteiger partial charge in [0.2, 0.25) is 0 Å². The van der Waals surface area contributed by atoms with Crippen LogP contribution >= 0.6 is 0 Å². The van der Waals surface area contributed by atoms with E-state index >= 15 is 0 Å². The molecule has 0 radical (unpaired) electrons. The molecule has 0 bridgehead atoms. The van der Waals surface area contributed by atoms with Gasteiger partial charge in [-0.15, -0.1) is 0 Å². The first-order valence-electron chi connectivity index (χ1n) is 8.29. The quantitative estimate of drug-likeness (QED) is 0.905. The van der Waals surface area contributed by atoms with E-state index in [9.17, 15) is 0 Å². The maximum Gasteiger partial charge on any atom is 0.0724 e. The Morgan fingerprint density at radius 2 is 2.14 bits per heavy atom. The van der Waals surface area contributed by atoms with Gasteiger partial charge < -0.3 is 10.5 Å². The van der Waals surface area contributed by atoms with Gasteiger partial charge in [0.25, 0.3) is 0 Å². The van der Waals surface area contributed by atoms with Crippen LogP contribution in [0, 0.1) is 5.92 Å². The topological polar surface area (TPSA) is 38.5 Å². The molecule has 1 aromatic carbocycles. The average Bonchev–Trinajstić information content (AvgIpc) is 3.35. The lowest BCUT2D eigenvalue weighted by Gasteiger charge is -2.40. The molecule has 1 aliphatic heterocycles. The van der Waals surface area contributed by atoms with Crippen LogP contribution in [0.15, 0.2) is 24.3 Å². The molecule has 1 aromatic rings. The van der Waals surface area contributed by atoms with Crippen molar-refractivity contribution in [2.75, 3.05) is 26.7 Å². The zero-order chi connectivity index (χ0) is 14.8. The number of hydrogen-bond donors (Lipinski definition) is 1. The summed E-state index contributed by atoms with van der Waals surface area (Å²) in [5.74, 6) is 1.44. The molecule has 2 aliphatic rings. The van der Waals surface area contributed by atoms with Crippen molar-refractivity contribution in [2.24, 2.45) is 11.7 Å². The molecule has 3 rings (SSSR count). The van der Waals surface area contributed by atoms with Crippen molar-refractivity contribution in [3.8, 4) is 0 Å². The third-order valence-electron chi connectivity index (χ3n) is 5.23. The highest BCUT2D eigenvalue weighted by Crippen LogP contribution is 2.41. The zero-order valence-corrected chi connectivity index (χ0v) is 13.3. The Morgan fingerprint density at radius 3 is 2.81 bits per heavy atom. The number of methoxy groups -OCH3 is 1. The van der Waals surface area contributed by atoms with Crippen LogP contribution < -0.4 is 5.73 Å². The first kappa shape index (κ1) is 15.0.